The maximum Gasteiger partial charge on any atom is 0.306 e. The van der Waals surface area contributed by atoms with Gasteiger partial charge in [-0.2, -0.15) is 0 Å². The fourth-order valence-corrected chi connectivity index (χ4v) is 9.27. The lowest BCUT2D eigenvalue weighted by Gasteiger charge is -2.28. The lowest BCUT2D eigenvalue weighted by molar-refractivity contribution is -0.870. The van der Waals surface area contributed by atoms with Crippen LogP contribution in [0.5, 0.6) is 0 Å². The van der Waals surface area contributed by atoms with Gasteiger partial charge in [0.2, 0.25) is 0 Å². The van der Waals surface area contributed by atoms with Crippen LogP contribution < -0.4 is 4.89 Å². The molecule has 0 spiro atoms. The average molecular weight is 1260 g/mol. The van der Waals surface area contributed by atoms with Gasteiger partial charge in [0.15, 0.2) is 6.10 Å². The first-order chi connectivity index (χ1) is 44.0. The molecule has 2 atom stereocenters. The van der Waals surface area contributed by atoms with E-state index in [2.05, 4.69) is 220 Å². The molecule has 0 saturated heterocycles. The third-order valence-electron chi connectivity index (χ3n) is 13.8. The molecular formula is C80H126NO8P. The summed E-state index contributed by atoms with van der Waals surface area (Å²) in [7, 11) is 1.11. The number of rotatable bonds is 61. The predicted octanol–water partition coefficient (Wildman–Crippen LogP) is 22.4. The Morgan fingerprint density at radius 3 is 0.911 bits per heavy atom. The Kier molecular flexibility index (Phi) is 63.9. The second-order valence-corrected chi connectivity index (χ2v) is 24.8. The van der Waals surface area contributed by atoms with Gasteiger partial charge in [0.1, 0.15) is 19.8 Å². The van der Waals surface area contributed by atoms with Gasteiger partial charge in [-0.05, 0) is 148 Å². The zero-order valence-electron chi connectivity index (χ0n) is 57.2. The largest absolute Gasteiger partial charge is 0.756 e. The molecule has 504 valence electrons. The number of esters is 2. The highest BCUT2D eigenvalue weighted by molar-refractivity contribution is 7.45. The molecule has 10 heteroatoms. The molecule has 0 aromatic rings. The number of quaternary nitrogens is 1. The summed E-state index contributed by atoms with van der Waals surface area (Å²) in [5.41, 5.74) is 0. The number of allylic oxidation sites excluding steroid dienone is 34. The summed E-state index contributed by atoms with van der Waals surface area (Å²) >= 11 is 0. The highest BCUT2D eigenvalue weighted by Gasteiger charge is 2.22. The van der Waals surface area contributed by atoms with Gasteiger partial charge < -0.3 is 27.9 Å². The van der Waals surface area contributed by atoms with Crippen molar-refractivity contribution in [2.24, 2.45) is 0 Å². The molecule has 0 amide bonds. The maximum absolute atomic E-state index is 12.9. The van der Waals surface area contributed by atoms with Crippen LogP contribution in [-0.4, -0.2) is 70.0 Å². The summed E-state index contributed by atoms with van der Waals surface area (Å²) in [6, 6.07) is 0. The summed E-state index contributed by atoms with van der Waals surface area (Å²) in [6.07, 6.45) is 108. The van der Waals surface area contributed by atoms with Crippen LogP contribution in [0, 0.1) is 0 Å². The van der Waals surface area contributed by atoms with E-state index in [1.54, 1.807) is 0 Å². The number of hydrogen-bond donors (Lipinski definition) is 0. The van der Waals surface area contributed by atoms with Gasteiger partial charge in [-0.1, -0.05) is 278 Å². The van der Waals surface area contributed by atoms with Crippen LogP contribution in [0.4, 0.5) is 0 Å². The number of carbonyl (C=O) groups is 2. The van der Waals surface area contributed by atoms with Crippen molar-refractivity contribution >= 4 is 19.8 Å². The zero-order valence-corrected chi connectivity index (χ0v) is 58.1. The number of phosphoric acid groups is 1. The van der Waals surface area contributed by atoms with E-state index < -0.39 is 32.5 Å². The Hall–Kier alpha value is -5.41. The molecular weight excluding hydrogens is 1130 g/mol. The average Bonchev–Trinajstić information content (AvgIpc) is 3.58. The lowest BCUT2D eigenvalue weighted by Crippen LogP contribution is -2.37. The van der Waals surface area contributed by atoms with Crippen LogP contribution in [0.1, 0.15) is 232 Å². The van der Waals surface area contributed by atoms with E-state index in [0.717, 1.165) is 148 Å². The van der Waals surface area contributed by atoms with Gasteiger partial charge in [-0.3, -0.25) is 14.2 Å². The van der Waals surface area contributed by atoms with Crippen molar-refractivity contribution in [3.05, 3.63) is 207 Å². The molecule has 0 rings (SSSR count). The molecule has 0 saturated carbocycles. The minimum Gasteiger partial charge on any atom is -0.756 e. The van der Waals surface area contributed by atoms with Crippen molar-refractivity contribution in [3.63, 3.8) is 0 Å². The second-order valence-electron chi connectivity index (χ2n) is 23.4. The van der Waals surface area contributed by atoms with Crippen molar-refractivity contribution in [1.29, 1.82) is 0 Å². The fourth-order valence-electron chi connectivity index (χ4n) is 8.55. The fraction of sp³-hybridized carbons (Fsp3) is 0.550. The maximum atomic E-state index is 12.9. The third-order valence-corrected chi connectivity index (χ3v) is 14.8. The molecule has 0 heterocycles. The first-order valence-corrected chi connectivity index (χ1v) is 36.3. The summed E-state index contributed by atoms with van der Waals surface area (Å²) < 4.78 is 34.2. The molecule has 90 heavy (non-hydrogen) atoms. The molecule has 0 aromatic carbocycles. The number of hydrogen-bond acceptors (Lipinski definition) is 8. The van der Waals surface area contributed by atoms with Gasteiger partial charge in [0.05, 0.1) is 27.7 Å². The van der Waals surface area contributed by atoms with Gasteiger partial charge in [-0.15, -0.1) is 0 Å². The van der Waals surface area contributed by atoms with E-state index in [-0.39, 0.29) is 26.1 Å². The Morgan fingerprint density at radius 2 is 0.600 bits per heavy atom. The molecule has 0 aliphatic heterocycles. The molecule has 0 aromatic heterocycles. The Balaban J connectivity index is 4.20. The van der Waals surface area contributed by atoms with Crippen molar-refractivity contribution < 1.29 is 42.1 Å². The Labute approximate surface area is 551 Å². The molecule has 0 bridgehead atoms. The molecule has 2 unspecified atom stereocenters. The van der Waals surface area contributed by atoms with Gasteiger partial charge in [-0.25, -0.2) is 0 Å². The van der Waals surface area contributed by atoms with Gasteiger partial charge >= 0.3 is 11.9 Å². The standard InChI is InChI=1S/C80H126NO8P/c1-6-8-10-12-14-16-18-20-22-24-26-28-30-32-34-35-36-37-38-39-40-41-42-43-44-45-47-49-51-53-55-57-59-61-63-65-67-69-71-73-80(83)89-78(77-88-90(84,85)87-75-74-81(3,4)5)76-86-79(82)72-70-68-66-64-62-60-58-56-54-52-50-48-46-33-31-29-27-25-23-21-19-17-15-13-11-9-7-2/h8-11,14-17,20-23,26-29,32-34,36-37,39-40,42-43,45-47,50,52,56,58,62,64,78H,6-7,12-13,18-19,24-25,30-31,35,38,41,44,48-49,51,53-55,57,59-61,63,65-77H2,1-5H3/b10-8-,11-9-,16-14-,17-15-,22-20-,23-21-,28-26-,29-27-,34-32-,37-36-,40-39-,43-42-,46-33-,47-45-,52-50-,58-56-,64-62-. The highest BCUT2D eigenvalue weighted by Crippen LogP contribution is 2.38. The number of ether oxygens (including phenoxy) is 2. The predicted molar refractivity (Wildman–Crippen MR) is 387 cm³/mol. The van der Waals surface area contributed by atoms with Gasteiger partial charge in [0.25, 0.3) is 7.82 Å². The molecule has 0 aliphatic carbocycles. The molecule has 0 N–H and O–H groups in total. The van der Waals surface area contributed by atoms with E-state index in [1.165, 1.54) is 44.9 Å². The number of nitrogens with zero attached hydrogens (tertiary/aromatic N) is 1. The number of unbranched alkanes of at least 4 members (excludes halogenated alkanes) is 13. The second kappa shape index (κ2) is 68.0. The van der Waals surface area contributed by atoms with Gasteiger partial charge in [0, 0.05) is 12.8 Å². The zero-order chi connectivity index (χ0) is 65.5. The number of carbonyl (C=O) groups excluding carboxylic acids is 2. The topological polar surface area (TPSA) is 111 Å². The molecule has 0 fully saturated rings. The van der Waals surface area contributed by atoms with Crippen LogP contribution in [0.25, 0.3) is 0 Å². The minimum atomic E-state index is -4.67. The number of likely N-dealkylation sites (N-methyl/N-ethyl adjacent to an activating group) is 1. The first-order valence-electron chi connectivity index (χ1n) is 34.8. The van der Waals surface area contributed by atoms with E-state index in [4.69, 9.17) is 18.5 Å². The highest BCUT2D eigenvalue weighted by atomic mass is 31.2. The minimum absolute atomic E-state index is 0.0501. The molecule has 9 nitrogen and oxygen atoms in total. The van der Waals surface area contributed by atoms with Crippen LogP contribution in [0.2, 0.25) is 0 Å². The quantitative estimate of drug-likeness (QED) is 0.0195. The summed E-state index contributed by atoms with van der Waals surface area (Å²) in [4.78, 5) is 38.0. The van der Waals surface area contributed by atoms with E-state index in [0.29, 0.717) is 23.9 Å². The van der Waals surface area contributed by atoms with E-state index >= 15 is 0 Å². The Morgan fingerprint density at radius 1 is 0.344 bits per heavy atom. The SMILES string of the molecule is CC/C=C\C/C=C\C/C=C\C/C=C\C/C=C\C/C=C\C/C=C\C/C=C\C/C=C\CCCCCCCCCCCCCC(=O)OC(COC(=O)CCCC/C=C\C/C=C\C/C=C\C/C=C\C/C=C\C/C=C\C/C=C\C/C=C\CC)COP(=O)([O-])OCC[N+](C)(C)C. The summed E-state index contributed by atoms with van der Waals surface area (Å²) in [6.45, 7) is 3.93. The van der Waals surface area contributed by atoms with Crippen LogP contribution in [0.15, 0.2) is 207 Å². The summed E-state index contributed by atoms with van der Waals surface area (Å²) in [5.74, 6) is -0.904. The van der Waals surface area contributed by atoms with E-state index in [1.807, 2.05) is 21.1 Å². The monoisotopic (exact) mass is 1260 g/mol. The first kappa shape index (κ1) is 84.6. The molecule has 0 aliphatic rings. The number of phosphoric ester groups is 1. The van der Waals surface area contributed by atoms with Crippen molar-refractivity contribution in [1.82, 2.24) is 0 Å². The molecule has 0 radical (unpaired) electrons. The van der Waals surface area contributed by atoms with Crippen LogP contribution >= 0.6 is 7.82 Å². The lowest BCUT2D eigenvalue weighted by atomic mass is 10.0. The van der Waals surface area contributed by atoms with Crippen LogP contribution in [0.3, 0.4) is 0 Å². The van der Waals surface area contributed by atoms with E-state index in [9.17, 15) is 19.0 Å². The van der Waals surface area contributed by atoms with Crippen molar-refractivity contribution in [2.45, 2.75) is 238 Å². The summed E-state index contributed by atoms with van der Waals surface area (Å²) in [5, 5.41) is 0. The van der Waals surface area contributed by atoms with Crippen molar-refractivity contribution in [2.75, 3.05) is 47.5 Å². The van der Waals surface area contributed by atoms with Crippen LogP contribution in [-0.2, 0) is 32.7 Å². The van der Waals surface area contributed by atoms with Crippen molar-refractivity contribution in [3.8, 4) is 0 Å². The Bertz CT molecular complexity index is 2270. The normalized spacial score (nSPS) is 14.4. The third kappa shape index (κ3) is 71.7. The smallest absolute Gasteiger partial charge is 0.306 e.